The van der Waals surface area contributed by atoms with E-state index < -0.39 is 0 Å². The van der Waals surface area contributed by atoms with Crippen LogP contribution in [0.4, 0.5) is 11.4 Å². The second-order valence-corrected chi connectivity index (χ2v) is 5.76. The Morgan fingerprint density at radius 3 is 2.45 bits per heavy atom. The monoisotopic (exact) mass is 346 g/mol. The molecule has 0 aromatic heterocycles. The van der Waals surface area contributed by atoms with Crippen LogP contribution < -0.4 is 15.5 Å². The third-order valence-corrected chi connectivity index (χ3v) is 4.28. The topological polar surface area (TPSA) is 30.5 Å². The van der Waals surface area contributed by atoms with Crippen LogP contribution in [0.3, 0.4) is 0 Å². The van der Waals surface area contributed by atoms with E-state index in [1.165, 1.54) is 37.3 Å². The Bertz CT molecular complexity index is 418. The third-order valence-electron chi connectivity index (χ3n) is 4.28. The molecule has 1 aromatic rings. The van der Waals surface area contributed by atoms with Crippen molar-refractivity contribution in [3.63, 3.8) is 0 Å². The second kappa shape index (κ2) is 10.2. The normalized spacial score (nSPS) is 18.5. The van der Waals surface area contributed by atoms with Crippen molar-refractivity contribution in [1.82, 2.24) is 10.2 Å². The predicted molar refractivity (Wildman–Crippen MR) is 100 cm³/mol. The summed E-state index contributed by atoms with van der Waals surface area (Å²) in [4.78, 5) is 5.01. The lowest BCUT2D eigenvalue weighted by Crippen LogP contribution is -2.43. The van der Waals surface area contributed by atoms with Crippen molar-refractivity contribution in [3.05, 3.63) is 24.3 Å². The Kier molecular flexibility index (Phi) is 8.95. The highest BCUT2D eigenvalue weighted by Crippen LogP contribution is 2.19. The van der Waals surface area contributed by atoms with E-state index >= 15 is 0 Å². The maximum absolute atomic E-state index is 3.57. The molecule has 22 heavy (non-hydrogen) atoms. The highest BCUT2D eigenvalue weighted by atomic mass is 35.5. The highest BCUT2D eigenvalue weighted by molar-refractivity contribution is 5.85. The number of hydrogen-bond acceptors (Lipinski definition) is 4. The first kappa shape index (κ1) is 19.4. The van der Waals surface area contributed by atoms with Crippen LogP contribution in [-0.2, 0) is 0 Å². The Labute approximate surface area is 146 Å². The van der Waals surface area contributed by atoms with E-state index in [0.29, 0.717) is 0 Å². The van der Waals surface area contributed by atoms with Crippen LogP contribution in [0.2, 0.25) is 0 Å². The molecular formula is C16H28Cl2N4. The first-order valence-corrected chi connectivity index (χ1v) is 7.94. The van der Waals surface area contributed by atoms with Crippen molar-refractivity contribution >= 4 is 36.2 Å². The van der Waals surface area contributed by atoms with E-state index in [0.717, 1.165) is 39.3 Å². The highest BCUT2D eigenvalue weighted by Gasteiger charge is 2.12. The minimum absolute atomic E-state index is 0. The fraction of sp³-hybridized carbons (Fsp3) is 0.625. The molecule has 2 N–H and O–H groups in total. The standard InChI is InChI=1S/C16H26N4.2ClH/c1-2-10-19(9-1)11-8-18-15-4-3-5-16(14-15)20-12-6-17-7-13-20;;/h3-5,14,17-18H,1-2,6-13H2;2*1H. The molecule has 6 heteroatoms. The molecule has 0 unspecified atom stereocenters. The van der Waals surface area contributed by atoms with Gasteiger partial charge in [-0.05, 0) is 44.1 Å². The molecule has 126 valence electrons. The Hall–Kier alpha value is -0.680. The minimum atomic E-state index is 0. The van der Waals surface area contributed by atoms with Gasteiger partial charge in [-0.1, -0.05) is 6.07 Å². The maximum Gasteiger partial charge on any atom is 0.0387 e. The summed E-state index contributed by atoms with van der Waals surface area (Å²) in [6.45, 7) is 9.17. The molecule has 0 atom stereocenters. The summed E-state index contributed by atoms with van der Waals surface area (Å²) >= 11 is 0. The molecule has 0 spiro atoms. The van der Waals surface area contributed by atoms with Crippen molar-refractivity contribution < 1.29 is 0 Å². The average molecular weight is 347 g/mol. The van der Waals surface area contributed by atoms with Gasteiger partial charge < -0.3 is 20.4 Å². The van der Waals surface area contributed by atoms with Gasteiger partial charge in [0.2, 0.25) is 0 Å². The molecule has 3 rings (SSSR count). The summed E-state index contributed by atoms with van der Waals surface area (Å²) in [5, 5.41) is 6.97. The second-order valence-electron chi connectivity index (χ2n) is 5.76. The Morgan fingerprint density at radius 1 is 1.00 bits per heavy atom. The van der Waals surface area contributed by atoms with Gasteiger partial charge in [0.25, 0.3) is 0 Å². The summed E-state index contributed by atoms with van der Waals surface area (Å²) in [6.07, 6.45) is 2.75. The van der Waals surface area contributed by atoms with Gasteiger partial charge >= 0.3 is 0 Å². The Balaban J connectivity index is 0.00000121. The van der Waals surface area contributed by atoms with Crippen LogP contribution in [0, 0.1) is 0 Å². The van der Waals surface area contributed by atoms with E-state index in [-0.39, 0.29) is 24.8 Å². The van der Waals surface area contributed by atoms with Gasteiger partial charge in [-0.3, -0.25) is 0 Å². The lowest BCUT2D eigenvalue weighted by atomic mass is 10.2. The average Bonchev–Trinajstić information content (AvgIpc) is 3.02. The van der Waals surface area contributed by atoms with Crippen LogP contribution in [0.15, 0.2) is 24.3 Å². The van der Waals surface area contributed by atoms with Crippen molar-refractivity contribution in [1.29, 1.82) is 0 Å². The van der Waals surface area contributed by atoms with Crippen LogP contribution in [-0.4, -0.2) is 57.3 Å². The molecule has 2 saturated heterocycles. The summed E-state index contributed by atoms with van der Waals surface area (Å²) in [7, 11) is 0. The van der Waals surface area contributed by atoms with Gasteiger partial charge in [0.1, 0.15) is 0 Å². The summed E-state index contributed by atoms with van der Waals surface area (Å²) in [5.41, 5.74) is 2.60. The number of rotatable bonds is 5. The van der Waals surface area contributed by atoms with E-state index in [1.54, 1.807) is 0 Å². The molecule has 4 nitrogen and oxygen atoms in total. The minimum Gasteiger partial charge on any atom is -0.384 e. The lowest BCUT2D eigenvalue weighted by Gasteiger charge is -2.29. The number of likely N-dealkylation sites (tertiary alicyclic amines) is 1. The molecule has 0 bridgehead atoms. The third kappa shape index (κ3) is 5.51. The zero-order valence-electron chi connectivity index (χ0n) is 13.1. The smallest absolute Gasteiger partial charge is 0.0387 e. The van der Waals surface area contributed by atoms with Crippen LogP contribution in [0.1, 0.15) is 12.8 Å². The molecule has 0 amide bonds. The van der Waals surface area contributed by atoms with Gasteiger partial charge in [0.05, 0.1) is 0 Å². The first-order chi connectivity index (χ1) is 9.92. The number of nitrogens with one attached hydrogen (secondary N) is 2. The van der Waals surface area contributed by atoms with Crippen molar-refractivity contribution in [2.75, 3.05) is 62.6 Å². The van der Waals surface area contributed by atoms with E-state index in [4.69, 9.17) is 0 Å². The summed E-state index contributed by atoms with van der Waals surface area (Å²) in [5.74, 6) is 0. The van der Waals surface area contributed by atoms with Crippen molar-refractivity contribution in [2.45, 2.75) is 12.8 Å². The quantitative estimate of drug-likeness (QED) is 0.857. The van der Waals surface area contributed by atoms with Gasteiger partial charge in [0, 0.05) is 50.6 Å². The van der Waals surface area contributed by atoms with E-state index in [2.05, 4.69) is 44.7 Å². The Morgan fingerprint density at radius 2 is 1.73 bits per heavy atom. The van der Waals surface area contributed by atoms with Crippen LogP contribution in [0.25, 0.3) is 0 Å². The van der Waals surface area contributed by atoms with Crippen LogP contribution >= 0.6 is 24.8 Å². The molecule has 1 aromatic carbocycles. The summed E-state index contributed by atoms with van der Waals surface area (Å²) < 4.78 is 0. The van der Waals surface area contributed by atoms with Crippen LogP contribution in [0.5, 0.6) is 0 Å². The number of piperazine rings is 1. The molecule has 0 saturated carbocycles. The fourth-order valence-corrected chi connectivity index (χ4v) is 3.10. The predicted octanol–water partition coefficient (Wildman–Crippen LogP) is 2.45. The molecule has 2 fully saturated rings. The first-order valence-electron chi connectivity index (χ1n) is 7.94. The van der Waals surface area contributed by atoms with Gasteiger partial charge in [0.15, 0.2) is 0 Å². The van der Waals surface area contributed by atoms with Crippen molar-refractivity contribution in [2.24, 2.45) is 0 Å². The number of halogens is 2. The van der Waals surface area contributed by atoms with E-state index in [9.17, 15) is 0 Å². The zero-order valence-corrected chi connectivity index (χ0v) is 14.7. The van der Waals surface area contributed by atoms with Gasteiger partial charge in [-0.25, -0.2) is 0 Å². The van der Waals surface area contributed by atoms with Crippen molar-refractivity contribution in [3.8, 4) is 0 Å². The zero-order chi connectivity index (χ0) is 13.6. The van der Waals surface area contributed by atoms with Gasteiger partial charge in [-0.2, -0.15) is 0 Å². The molecule has 0 radical (unpaired) electrons. The lowest BCUT2D eigenvalue weighted by molar-refractivity contribution is 0.352. The maximum atomic E-state index is 3.57. The molecule has 2 heterocycles. The number of hydrogen-bond donors (Lipinski definition) is 2. The largest absolute Gasteiger partial charge is 0.384 e. The number of benzene rings is 1. The molecular weight excluding hydrogens is 319 g/mol. The number of anilines is 2. The van der Waals surface area contributed by atoms with E-state index in [1.807, 2.05) is 0 Å². The van der Waals surface area contributed by atoms with Gasteiger partial charge in [-0.15, -0.1) is 24.8 Å². The fourth-order valence-electron chi connectivity index (χ4n) is 3.10. The molecule has 2 aliphatic rings. The molecule has 0 aliphatic carbocycles. The number of nitrogens with zero attached hydrogens (tertiary/aromatic N) is 2. The SMILES string of the molecule is Cl.Cl.c1cc(NCCN2CCCC2)cc(N2CCNCC2)c1. The summed E-state index contributed by atoms with van der Waals surface area (Å²) in [6, 6.07) is 8.84. The molecule has 2 aliphatic heterocycles.